The second kappa shape index (κ2) is 6.18. The Balaban J connectivity index is 2.12. The van der Waals surface area contributed by atoms with Crippen molar-refractivity contribution in [2.75, 3.05) is 11.5 Å². The lowest BCUT2D eigenvalue weighted by atomic mass is 10.00. The van der Waals surface area contributed by atoms with Gasteiger partial charge in [-0.2, -0.15) is 24.9 Å². The Hall–Kier alpha value is -0.680. The predicted octanol–water partition coefficient (Wildman–Crippen LogP) is 4.25. The first-order valence-electron chi connectivity index (χ1n) is 6.48. The molecule has 0 bridgehead atoms. The van der Waals surface area contributed by atoms with Crippen LogP contribution >= 0.6 is 11.8 Å². The number of alkyl halides is 3. The van der Waals surface area contributed by atoms with Crippen LogP contribution in [0.1, 0.15) is 36.9 Å². The molecule has 0 amide bonds. The molecule has 0 aliphatic carbocycles. The minimum atomic E-state index is -4.28. The van der Waals surface area contributed by atoms with Gasteiger partial charge in [0.15, 0.2) is 0 Å². The molecule has 106 valence electrons. The van der Waals surface area contributed by atoms with Gasteiger partial charge in [0, 0.05) is 17.8 Å². The monoisotopic (exact) mass is 289 g/mol. The zero-order valence-corrected chi connectivity index (χ0v) is 11.7. The normalized spacial score (nSPS) is 22.2. The first kappa shape index (κ1) is 14.7. The Labute approximate surface area is 116 Å². The van der Waals surface area contributed by atoms with Crippen molar-refractivity contribution in [3.8, 4) is 0 Å². The fourth-order valence-corrected chi connectivity index (χ4v) is 3.53. The molecule has 1 aliphatic heterocycles. The maximum atomic E-state index is 13.0. The molecule has 0 saturated carbocycles. The van der Waals surface area contributed by atoms with E-state index in [1.165, 1.54) is 6.07 Å². The zero-order chi connectivity index (χ0) is 13.9. The third kappa shape index (κ3) is 3.89. The fraction of sp³-hybridized carbons (Fsp3) is 0.571. The van der Waals surface area contributed by atoms with E-state index in [0.717, 1.165) is 30.4 Å². The van der Waals surface area contributed by atoms with E-state index in [0.29, 0.717) is 11.6 Å². The number of hydrogen-bond acceptors (Lipinski definition) is 2. The van der Waals surface area contributed by atoms with E-state index < -0.39 is 11.7 Å². The van der Waals surface area contributed by atoms with Crippen LogP contribution in [-0.2, 0) is 6.18 Å². The summed E-state index contributed by atoms with van der Waals surface area (Å²) in [6.07, 6.45) is -2.10. The zero-order valence-electron chi connectivity index (χ0n) is 10.8. The smallest absolute Gasteiger partial charge is 0.307 e. The van der Waals surface area contributed by atoms with Crippen molar-refractivity contribution in [1.29, 1.82) is 0 Å². The van der Waals surface area contributed by atoms with E-state index >= 15 is 0 Å². The number of rotatable bonds is 3. The lowest BCUT2D eigenvalue weighted by Gasteiger charge is -2.27. The Morgan fingerprint density at radius 1 is 1.32 bits per heavy atom. The van der Waals surface area contributed by atoms with Gasteiger partial charge in [-0.05, 0) is 37.1 Å². The number of halogens is 3. The molecule has 1 aliphatic rings. The van der Waals surface area contributed by atoms with E-state index in [9.17, 15) is 13.2 Å². The largest absolute Gasteiger partial charge is 0.416 e. The van der Waals surface area contributed by atoms with Gasteiger partial charge in [-0.25, -0.2) is 0 Å². The average Bonchev–Trinajstić information content (AvgIpc) is 2.39. The Morgan fingerprint density at radius 3 is 2.68 bits per heavy atom. The van der Waals surface area contributed by atoms with Crippen LogP contribution in [-0.4, -0.2) is 17.5 Å². The minimum Gasteiger partial charge on any atom is -0.307 e. The highest BCUT2D eigenvalue weighted by atomic mass is 32.2. The second-order valence-corrected chi connectivity index (χ2v) is 6.04. The van der Waals surface area contributed by atoms with E-state index in [1.807, 2.05) is 18.7 Å². The van der Waals surface area contributed by atoms with Gasteiger partial charge in [-0.1, -0.05) is 18.2 Å². The number of thioether (sulfide) groups is 1. The summed E-state index contributed by atoms with van der Waals surface area (Å²) in [7, 11) is 0. The summed E-state index contributed by atoms with van der Waals surface area (Å²) in [6.45, 7) is 1.81. The Bertz CT molecular complexity index is 413. The van der Waals surface area contributed by atoms with Crippen LogP contribution in [0.5, 0.6) is 0 Å². The summed E-state index contributed by atoms with van der Waals surface area (Å²) < 4.78 is 38.9. The first-order valence-corrected chi connectivity index (χ1v) is 7.64. The van der Waals surface area contributed by atoms with E-state index in [1.54, 1.807) is 12.1 Å². The van der Waals surface area contributed by atoms with Gasteiger partial charge in [0.25, 0.3) is 0 Å². The summed E-state index contributed by atoms with van der Waals surface area (Å²) >= 11 is 1.87. The number of nitrogens with one attached hydrogen (secondary N) is 1. The molecule has 1 aromatic carbocycles. The average molecular weight is 289 g/mol. The molecule has 0 aromatic heterocycles. The van der Waals surface area contributed by atoms with Crippen molar-refractivity contribution in [3.63, 3.8) is 0 Å². The molecular formula is C14H18F3NS. The summed E-state index contributed by atoms with van der Waals surface area (Å²) in [6, 6.07) is 5.87. The summed E-state index contributed by atoms with van der Waals surface area (Å²) in [4.78, 5) is 0. The van der Waals surface area contributed by atoms with Gasteiger partial charge in [0.2, 0.25) is 0 Å². The molecule has 1 heterocycles. The van der Waals surface area contributed by atoms with Crippen LogP contribution in [0.3, 0.4) is 0 Å². The highest BCUT2D eigenvalue weighted by molar-refractivity contribution is 7.99. The maximum Gasteiger partial charge on any atom is 0.416 e. The molecule has 1 nitrogen and oxygen atoms in total. The van der Waals surface area contributed by atoms with Crippen molar-refractivity contribution < 1.29 is 13.2 Å². The quantitative estimate of drug-likeness (QED) is 0.892. The van der Waals surface area contributed by atoms with Gasteiger partial charge in [0.1, 0.15) is 0 Å². The van der Waals surface area contributed by atoms with Crippen LogP contribution < -0.4 is 5.32 Å². The third-order valence-corrected chi connectivity index (χ3v) is 4.59. The molecule has 1 N–H and O–H groups in total. The van der Waals surface area contributed by atoms with Gasteiger partial charge in [0.05, 0.1) is 5.56 Å². The minimum absolute atomic E-state index is 0.276. The van der Waals surface area contributed by atoms with Gasteiger partial charge < -0.3 is 5.32 Å². The van der Waals surface area contributed by atoms with Gasteiger partial charge >= 0.3 is 6.18 Å². The van der Waals surface area contributed by atoms with Crippen molar-refractivity contribution in [3.05, 3.63) is 35.4 Å². The molecule has 0 spiro atoms. The van der Waals surface area contributed by atoms with Gasteiger partial charge in [-0.15, -0.1) is 0 Å². The predicted molar refractivity (Wildman–Crippen MR) is 73.3 cm³/mol. The molecule has 0 radical (unpaired) electrons. The molecule has 2 atom stereocenters. The molecule has 1 aromatic rings. The van der Waals surface area contributed by atoms with E-state index in [2.05, 4.69) is 5.32 Å². The molecule has 5 heteroatoms. The molecule has 1 fully saturated rings. The van der Waals surface area contributed by atoms with Crippen LogP contribution in [0, 0.1) is 0 Å². The topological polar surface area (TPSA) is 12.0 Å². The molecule has 1 saturated heterocycles. The lowest BCUT2D eigenvalue weighted by Crippen LogP contribution is -2.36. The number of hydrogen-bond donors (Lipinski definition) is 1. The summed E-state index contributed by atoms with van der Waals surface area (Å²) in [5.74, 6) is 2.14. The Kier molecular flexibility index (Phi) is 4.79. The standard InChI is InChI=1S/C14H18F3NS/c1-10(18-11-5-4-8-19-9-11)12-6-2-3-7-13(12)14(15,16)17/h2-3,6-7,10-11,18H,4-5,8-9H2,1H3. The second-order valence-electron chi connectivity index (χ2n) is 4.89. The molecule has 2 rings (SSSR count). The summed E-state index contributed by atoms with van der Waals surface area (Å²) in [5.41, 5.74) is -0.191. The van der Waals surface area contributed by atoms with E-state index in [-0.39, 0.29) is 6.04 Å². The first-order chi connectivity index (χ1) is 8.98. The van der Waals surface area contributed by atoms with Crippen molar-refractivity contribution in [2.45, 2.75) is 38.0 Å². The molecular weight excluding hydrogens is 271 g/mol. The maximum absolute atomic E-state index is 13.0. The fourth-order valence-electron chi connectivity index (χ4n) is 2.45. The summed E-state index contributed by atoms with van der Waals surface area (Å²) in [5, 5.41) is 3.33. The third-order valence-electron chi connectivity index (χ3n) is 3.38. The highest BCUT2D eigenvalue weighted by Crippen LogP contribution is 2.34. The Morgan fingerprint density at radius 2 is 2.05 bits per heavy atom. The van der Waals surface area contributed by atoms with Crippen LogP contribution in [0.25, 0.3) is 0 Å². The van der Waals surface area contributed by atoms with E-state index in [4.69, 9.17) is 0 Å². The van der Waals surface area contributed by atoms with Crippen LogP contribution in [0.15, 0.2) is 24.3 Å². The SMILES string of the molecule is CC(NC1CCCSC1)c1ccccc1C(F)(F)F. The molecule has 2 unspecified atom stereocenters. The van der Waals surface area contributed by atoms with Gasteiger partial charge in [-0.3, -0.25) is 0 Å². The van der Waals surface area contributed by atoms with Crippen LogP contribution in [0.2, 0.25) is 0 Å². The van der Waals surface area contributed by atoms with Crippen molar-refractivity contribution in [2.24, 2.45) is 0 Å². The van der Waals surface area contributed by atoms with Crippen LogP contribution in [0.4, 0.5) is 13.2 Å². The van der Waals surface area contributed by atoms with Crippen molar-refractivity contribution >= 4 is 11.8 Å². The highest BCUT2D eigenvalue weighted by Gasteiger charge is 2.34. The molecule has 19 heavy (non-hydrogen) atoms. The lowest BCUT2D eigenvalue weighted by molar-refractivity contribution is -0.138. The van der Waals surface area contributed by atoms with Crippen molar-refractivity contribution in [1.82, 2.24) is 5.32 Å². The number of benzene rings is 1.